The summed E-state index contributed by atoms with van der Waals surface area (Å²) in [7, 11) is 0. The minimum absolute atomic E-state index is 0.00984. The van der Waals surface area contributed by atoms with Gasteiger partial charge in [0.1, 0.15) is 6.54 Å². The Morgan fingerprint density at radius 3 is 2.47 bits per heavy atom. The first-order chi connectivity index (χ1) is 14.2. The van der Waals surface area contributed by atoms with E-state index >= 15 is 0 Å². The van der Waals surface area contributed by atoms with Gasteiger partial charge in [0, 0.05) is 30.3 Å². The Bertz CT molecular complexity index is 970. The van der Waals surface area contributed by atoms with Gasteiger partial charge in [0.2, 0.25) is 11.8 Å². The fourth-order valence-corrected chi connectivity index (χ4v) is 3.53. The number of carboxylic acids is 1. The zero-order valence-corrected chi connectivity index (χ0v) is 16.8. The summed E-state index contributed by atoms with van der Waals surface area (Å²) >= 11 is 0. The maximum absolute atomic E-state index is 13.0. The number of aliphatic carboxylic acids is 1. The molecule has 2 N–H and O–H groups in total. The number of pyridine rings is 1. The predicted molar refractivity (Wildman–Crippen MR) is 108 cm³/mol. The van der Waals surface area contributed by atoms with Crippen LogP contribution in [0.25, 0.3) is 11.3 Å². The normalized spacial score (nSPS) is 18.2. The van der Waals surface area contributed by atoms with E-state index in [4.69, 9.17) is 5.11 Å². The number of carbonyl (C=O) groups excluding carboxylic acids is 3. The molecule has 3 rings (SSSR count). The van der Waals surface area contributed by atoms with Crippen molar-refractivity contribution in [3.63, 3.8) is 0 Å². The number of carboxylic acid groups (broad SMARTS) is 1. The van der Waals surface area contributed by atoms with Crippen LogP contribution in [0.1, 0.15) is 25.8 Å². The van der Waals surface area contributed by atoms with Crippen LogP contribution in [0.15, 0.2) is 48.7 Å². The highest BCUT2D eigenvalue weighted by atomic mass is 16.4. The third kappa shape index (κ3) is 4.53. The average molecular weight is 409 g/mol. The molecule has 156 valence electrons. The summed E-state index contributed by atoms with van der Waals surface area (Å²) < 4.78 is 0. The van der Waals surface area contributed by atoms with Crippen LogP contribution in [0.5, 0.6) is 0 Å². The highest BCUT2D eigenvalue weighted by Crippen LogP contribution is 2.31. The SMILES string of the molecule is CC1(C)CC(=O)C(C(=O)NCC(=O)O)C(=O)N1Cc1ccc(-c2ccccn2)cc1. The van der Waals surface area contributed by atoms with Gasteiger partial charge in [-0.15, -0.1) is 0 Å². The van der Waals surface area contributed by atoms with Gasteiger partial charge in [0.15, 0.2) is 11.7 Å². The smallest absolute Gasteiger partial charge is 0.322 e. The van der Waals surface area contributed by atoms with Gasteiger partial charge in [-0.3, -0.25) is 24.2 Å². The molecular weight excluding hydrogens is 386 g/mol. The molecular formula is C22H23N3O5. The standard InChI is InChI=1S/C22H23N3O5/c1-22(2)11-17(26)19(20(29)24-12-18(27)28)21(30)25(22)13-14-6-8-15(9-7-14)16-5-3-4-10-23-16/h3-10,19H,11-13H2,1-2H3,(H,24,29)(H,27,28). The molecule has 2 heterocycles. The number of benzene rings is 1. The van der Waals surface area contributed by atoms with E-state index in [-0.39, 0.29) is 13.0 Å². The van der Waals surface area contributed by atoms with Crippen molar-refractivity contribution in [3.8, 4) is 11.3 Å². The van der Waals surface area contributed by atoms with Crippen molar-refractivity contribution >= 4 is 23.6 Å². The summed E-state index contributed by atoms with van der Waals surface area (Å²) in [6.07, 6.45) is 1.72. The Morgan fingerprint density at radius 2 is 1.87 bits per heavy atom. The quantitative estimate of drug-likeness (QED) is 0.701. The summed E-state index contributed by atoms with van der Waals surface area (Å²) in [6.45, 7) is 3.13. The number of Topliss-reactive ketones (excluding diaryl/α,β-unsaturated/α-hetero) is 1. The molecule has 8 nitrogen and oxygen atoms in total. The molecule has 2 aromatic rings. The molecule has 1 aromatic heterocycles. The van der Waals surface area contributed by atoms with E-state index in [9.17, 15) is 19.2 Å². The Balaban J connectivity index is 1.79. The highest BCUT2D eigenvalue weighted by molar-refractivity contribution is 6.20. The van der Waals surface area contributed by atoms with Crippen LogP contribution in [0.4, 0.5) is 0 Å². The first kappa shape index (κ1) is 21.2. The van der Waals surface area contributed by atoms with Crippen molar-refractivity contribution in [1.29, 1.82) is 0 Å². The van der Waals surface area contributed by atoms with Crippen LogP contribution >= 0.6 is 0 Å². The number of amides is 2. The number of likely N-dealkylation sites (tertiary alicyclic amines) is 1. The second kappa shape index (κ2) is 8.44. The molecule has 0 saturated carbocycles. The van der Waals surface area contributed by atoms with Gasteiger partial charge >= 0.3 is 5.97 Å². The van der Waals surface area contributed by atoms with Gasteiger partial charge in [-0.25, -0.2) is 0 Å². The molecule has 2 amide bonds. The molecule has 30 heavy (non-hydrogen) atoms. The molecule has 1 atom stereocenters. The molecule has 0 spiro atoms. The molecule has 8 heteroatoms. The lowest BCUT2D eigenvalue weighted by atomic mass is 9.82. The first-order valence-electron chi connectivity index (χ1n) is 9.53. The number of rotatable bonds is 6. The van der Waals surface area contributed by atoms with Gasteiger partial charge in [-0.2, -0.15) is 0 Å². The maximum atomic E-state index is 13.0. The highest BCUT2D eigenvalue weighted by Gasteiger charge is 2.48. The number of nitrogens with one attached hydrogen (secondary N) is 1. The predicted octanol–water partition coefficient (Wildman–Crippen LogP) is 1.65. The van der Waals surface area contributed by atoms with Gasteiger partial charge < -0.3 is 15.3 Å². The lowest BCUT2D eigenvalue weighted by Crippen LogP contribution is -2.60. The molecule has 1 unspecified atom stereocenters. The summed E-state index contributed by atoms with van der Waals surface area (Å²) in [5.41, 5.74) is 1.84. The zero-order valence-electron chi connectivity index (χ0n) is 16.8. The molecule has 1 saturated heterocycles. The fourth-order valence-electron chi connectivity index (χ4n) is 3.53. The van der Waals surface area contributed by atoms with Gasteiger partial charge in [0.05, 0.1) is 5.69 Å². The topological polar surface area (TPSA) is 117 Å². The Labute approximate surface area is 173 Å². The van der Waals surface area contributed by atoms with Gasteiger partial charge in [-0.05, 0) is 31.5 Å². The third-order valence-corrected chi connectivity index (χ3v) is 5.10. The number of carbonyl (C=O) groups is 4. The number of nitrogens with zero attached hydrogens (tertiary/aromatic N) is 2. The number of hydrogen-bond acceptors (Lipinski definition) is 5. The number of hydrogen-bond donors (Lipinski definition) is 2. The maximum Gasteiger partial charge on any atom is 0.322 e. The third-order valence-electron chi connectivity index (χ3n) is 5.10. The minimum Gasteiger partial charge on any atom is -0.480 e. The number of piperidine rings is 1. The first-order valence-corrected chi connectivity index (χ1v) is 9.53. The summed E-state index contributed by atoms with van der Waals surface area (Å²) in [4.78, 5) is 54.3. The van der Waals surface area contributed by atoms with Crippen LogP contribution in [0.2, 0.25) is 0 Å². The van der Waals surface area contributed by atoms with E-state index in [2.05, 4.69) is 10.3 Å². The Hall–Kier alpha value is -3.55. The average Bonchev–Trinajstić information content (AvgIpc) is 2.70. The molecule has 0 aliphatic carbocycles. The van der Waals surface area contributed by atoms with Crippen LogP contribution < -0.4 is 5.32 Å². The van der Waals surface area contributed by atoms with Crippen LogP contribution in [0.3, 0.4) is 0 Å². The summed E-state index contributed by atoms with van der Waals surface area (Å²) in [5, 5.41) is 10.9. The van der Waals surface area contributed by atoms with Crippen LogP contribution in [-0.2, 0) is 25.7 Å². The van der Waals surface area contributed by atoms with Crippen molar-refractivity contribution in [2.75, 3.05) is 6.54 Å². The van der Waals surface area contributed by atoms with Crippen molar-refractivity contribution in [3.05, 3.63) is 54.2 Å². The van der Waals surface area contributed by atoms with Crippen molar-refractivity contribution in [2.45, 2.75) is 32.4 Å². The number of aromatic nitrogens is 1. The molecule has 1 aromatic carbocycles. The zero-order chi connectivity index (χ0) is 21.9. The van der Waals surface area contributed by atoms with Crippen LogP contribution in [0, 0.1) is 5.92 Å². The van der Waals surface area contributed by atoms with Gasteiger partial charge in [0.25, 0.3) is 0 Å². The molecule has 0 radical (unpaired) electrons. The van der Waals surface area contributed by atoms with E-state index < -0.39 is 41.6 Å². The van der Waals surface area contributed by atoms with E-state index in [0.29, 0.717) is 0 Å². The van der Waals surface area contributed by atoms with Crippen molar-refractivity contribution in [2.24, 2.45) is 5.92 Å². The fraction of sp³-hybridized carbons (Fsp3) is 0.318. The molecule has 1 aliphatic heterocycles. The van der Waals surface area contributed by atoms with Crippen molar-refractivity contribution < 1.29 is 24.3 Å². The van der Waals surface area contributed by atoms with E-state index in [1.807, 2.05) is 42.5 Å². The largest absolute Gasteiger partial charge is 0.480 e. The summed E-state index contributed by atoms with van der Waals surface area (Å²) in [6, 6.07) is 13.2. The van der Waals surface area contributed by atoms with Gasteiger partial charge in [-0.1, -0.05) is 30.3 Å². The van der Waals surface area contributed by atoms with Crippen molar-refractivity contribution in [1.82, 2.24) is 15.2 Å². The Kier molecular flexibility index (Phi) is 5.96. The Morgan fingerprint density at radius 1 is 1.17 bits per heavy atom. The summed E-state index contributed by atoms with van der Waals surface area (Å²) in [5.74, 6) is -4.77. The van der Waals surface area contributed by atoms with E-state index in [0.717, 1.165) is 16.8 Å². The van der Waals surface area contributed by atoms with E-state index in [1.165, 1.54) is 4.90 Å². The lowest BCUT2D eigenvalue weighted by Gasteiger charge is -2.44. The number of ketones is 1. The second-order valence-electron chi connectivity index (χ2n) is 7.84. The molecule has 1 fully saturated rings. The second-order valence-corrected chi connectivity index (χ2v) is 7.84. The molecule has 1 aliphatic rings. The minimum atomic E-state index is -1.52. The lowest BCUT2D eigenvalue weighted by molar-refractivity contribution is -0.158. The van der Waals surface area contributed by atoms with E-state index in [1.54, 1.807) is 20.0 Å². The van der Waals surface area contributed by atoms with Crippen LogP contribution in [-0.4, -0.2) is 50.6 Å². The molecule has 0 bridgehead atoms. The monoisotopic (exact) mass is 409 g/mol.